The number of nitrogens with two attached hydrogens (primary N) is 6. The molecular weight excluding hydrogens is 1840 g/mol. The number of anilines is 1. The number of rotatable bonds is 45. The van der Waals surface area contributed by atoms with E-state index >= 15 is 0 Å². The highest BCUT2D eigenvalue weighted by molar-refractivity contribution is 7.80. The summed E-state index contributed by atoms with van der Waals surface area (Å²) in [6.07, 6.45) is 21.8. The molecule has 0 saturated carbocycles. The van der Waals surface area contributed by atoms with E-state index in [0.29, 0.717) is 69.3 Å². The van der Waals surface area contributed by atoms with Crippen LogP contribution < -0.4 is 66.3 Å². The molecule has 0 aliphatic rings. The Morgan fingerprint density at radius 3 is 0.857 bits per heavy atom. The number of esters is 1. The molecule has 0 fully saturated rings. The summed E-state index contributed by atoms with van der Waals surface area (Å²) in [5.41, 5.74) is 53.8. The molecule has 3 aromatic carbocycles. The second-order valence-electron chi connectivity index (χ2n) is 31.8. The quantitative estimate of drug-likeness (QED) is 0.00624. The zero-order valence-electron chi connectivity index (χ0n) is 78.2. The van der Waals surface area contributed by atoms with Gasteiger partial charge < -0.3 is 102 Å². The second kappa shape index (κ2) is 139. The second-order valence-corrected chi connectivity index (χ2v) is 69.4. The van der Waals surface area contributed by atoms with E-state index in [1.54, 1.807) is 6.92 Å². The van der Waals surface area contributed by atoms with E-state index in [9.17, 15) is 4.79 Å². The summed E-state index contributed by atoms with van der Waals surface area (Å²) in [5, 5.41) is 73.5. The summed E-state index contributed by atoms with van der Waals surface area (Å²) in [6, 6.07) is 33.4. The van der Waals surface area contributed by atoms with Gasteiger partial charge >= 0.3 is 5.97 Å². The lowest BCUT2D eigenvalue weighted by Gasteiger charge is -2.12. The Bertz CT molecular complexity index is 2800. The number of aliphatic hydroxyl groups is 6. The molecule has 20 nitrogen and oxygen atoms in total. The van der Waals surface area contributed by atoms with Crippen molar-refractivity contribution in [2.75, 3.05) is 154 Å². The van der Waals surface area contributed by atoms with Crippen molar-refractivity contribution in [1.29, 1.82) is 0 Å². The van der Waals surface area contributed by atoms with E-state index in [4.69, 9.17) is 58.3 Å². The number of benzene rings is 3. The lowest BCUT2D eigenvalue weighted by Crippen LogP contribution is -2.29. The van der Waals surface area contributed by atoms with Crippen molar-refractivity contribution in [1.82, 2.24) is 26.6 Å². The van der Waals surface area contributed by atoms with Crippen LogP contribution in [0.3, 0.4) is 0 Å². The molecule has 0 radical (unpaired) electrons. The molecular formula is C102H242N12O8S2Si9. The van der Waals surface area contributed by atoms with Crippen LogP contribution in [-0.4, -0.2) is 260 Å². The molecule has 133 heavy (non-hydrogen) atoms. The zero-order valence-corrected chi connectivity index (χ0v) is 89.5. The normalized spacial score (nSPS) is 10.7. The zero-order chi connectivity index (χ0) is 92.3. The third kappa shape index (κ3) is 165. The highest BCUT2D eigenvalue weighted by Gasteiger charge is 2.18. The van der Waals surface area contributed by atoms with Crippen LogP contribution in [0, 0.1) is 0 Å². The minimum absolute atomic E-state index is 0. The molecule has 806 valence electrons. The van der Waals surface area contributed by atoms with Gasteiger partial charge in [0.25, 0.3) is 0 Å². The first-order valence-electron chi connectivity index (χ1n) is 42.0. The Balaban J connectivity index is -0.0000000449. The van der Waals surface area contributed by atoms with Crippen LogP contribution in [0.1, 0.15) is 157 Å². The van der Waals surface area contributed by atoms with E-state index in [1.807, 2.05) is 54.6 Å². The van der Waals surface area contributed by atoms with Gasteiger partial charge in [-0.1, -0.05) is 429 Å². The van der Waals surface area contributed by atoms with Crippen molar-refractivity contribution >= 4 is 112 Å². The van der Waals surface area contributed by atoms with E-state index in [-0.39, 0.29) is 117 Å². The molecule has 2 atom stereocenters. The highest BCUT2D eigenvalue weighted by atomic mass is 32.1. The maximum Gasteiger partial charge on any atom is 0.333 e. The number of carbonyl (C=O) groups is 1. The average Bonchev–Trinajstić information content (AvgIpc) is 0.925. The Labute approximate surface area is 855 Å². The fourth-order valence-electron chi connectivity index (χ4n) is 7.28. The van der Waals surface area contributed by atoms with E-state index in [2.05, 4.69) is 343 Å². The van der Waals surface area contributed by atoms with Gasteiger partial charge in [0.15, 0.2) is 0 Å². The molecule has 0 bridgehead atoms. The monoisotopic (exact) mass is 2080 g/mol. The first kappa shape index (κ1) is 192. The van der Waals surface area contributed by atoms with Crippen LogP contribution in [0.2, 0.25) is 117 Å². The number of nitrogens with one attached hydrogen (secondary N) is 6. The van der Waals surface area contributed by atoms with Gasteiger partial charge in [0.2, 0.25) is 0 Å². The minimum atomic E-state index is -1.48. The summed E-state index contributed by atoms with van der Waals surface area (Å²) in [7, 11) is -7.23. The van der Waals surface area contributed by atoms with Crippen molar-refractivity contribution in [3.05, 3.63) is 220 Å². The van der Waals surface area contributed by atoms with Crippen LogP contribution in [0.25, 0.3) is 0 Å². The largest absolute Gasteiger partial charge is 0.458 e. The van der Waals surface area contributed by atoms with Gasteiger partial charge in [0, 0.05) is 145 Å². The van der Waals surface area contributed by atoms with E-state index in [1.165, 1.54) is 37.3 Å². The molecule has 0 aliphatic heterocycles. The number of ether oxygens (including phenoxy) is 1. The van der Waals surface area contributed by atoms with Gasteiger partial charge in [-0.2, -0.15) is 25.3 Å². The van der Waals surface area contributed by atoms with Crippen molar-refractivity contribution in [3.63, 3.8) is 0 Å². The van der Waals surface area contributed by atoms with Crippen LogP contribution in [0.4, 0.5) is 5.69 Å². The summed E-state index contributed by atoms with van der Waals surface area (Å²) in [4.78, 5) is 10.9. The van der Waals surface area contributed by atoms with Gasteiger partial charge in [-0.05, 0) is 57.2 Å². The number of thiol groups is 2. The summed E-state index contributed by atoms with van der Waals surface area (Å²) < 4.78 is 4.90. The van der Waals surface area contributed by atoms with E-state index in [0.717, 1.165) is 95.6 Å². The number of hydrogen-bond donors (Lipinski definition) is 20. The Morgan fingerprint density at radius 1 is 0.383 bits per heavy atom. The molecule has 3 rings (SSSR count). The van der Waals surface area contributed by atoms with Gasteiger partial charge in [0.1, 0.15) is 55.1 Å². The first-order valence-corrected chi connectivity index (χ1v) is 71.2. The molecule has 0 heterocycles. The number of carbonyl (C=O) groups excluding carboxylic acids is 1. The van der Waals surface area contributed by atoms with Crippen LogP contribution >= 0.6 is 25.3 Å². The van der Waals surface area contributed by atoms with Crippen molar-refractivity contribution in [2.45, 2.75) is 275 Å². The van der Waals surface area contributed by atoms with Crippen LogP contribution in [0.5, 0.6) is 0 Å². The smallest absolute Gasteiger partial charge is 0.333 e. The lowest BCUT2D eigenvalue weighted by atomic mass is 10.2. The van der Waals surface area contributed by atoms with E-state index < -0.39 is 74.8 Å². The maximum absolute atomic E-state index is 10.9. The van der Waals surface area contributed by atoms with Gasteiger partial charge in [-0.25, -0.2) is 4.79 Å². The molecule has 0 amide bonds. The predicted molar refractivity (Wildman–Crippen MR) is 662 cm³/mol. The standard InChI is InChI=1S/2C13H21NOSi.C12H19NOSi.C10H18O2Si.2C8H20N2OSi.C7H18N2OSi.C6H14SSi.C5H12SSi.C3H9N.2CH5N.15CH4/c2*1-16(2,12-15)10-6-9-14-11-13-7-4-3-5-8-13;1-15(2,11-14)10-6-9-13-12-7-4-3-5-8-12;1-5-13(4)8-6-7-12-10(11)9(2)3;2*1-12(2,8-11)7-3-5-10-6-4-9;1-11(2,7-10)5-3-4-9-6-8;1-3-8(2)6-4-5-7;1-7(2)5-3-4-6;1-2-3-4;2*1-2;;;;;;;;;;;;;;;/h2*3-8,10,14-15H,9,11-12H2,1-2H3;3-8,10,13-14H,9,11H2,1-2H3;6,8,13H,2,5,7H2,1,3-4H3;2*3,7,10-11H,4-6,8-9H2,1-2H3;3,5,9-10H,4,6-8H2,1-2H3;4,6-8H,3,5H2,1-2H3;3,5-7H,4H2,1-2H3;2-4H2,1H3;2*2H2,1H3;15*1H4. The molecule has 3 aromatic rings. The van der Waals surface area contributed by atoms with Crippen LogP contribution in [0.15, 0.2) is 209 Å². The molecule has 0 aliphatic carbocycles. The van der Waals surface area contributed by atoms with Crippen molar-refractivity contribution in [2.24, 2.45) is 34.4 Å². The van der Waals surface area contributed by atoms with Crippen molar-refractivity contribution in [3.8, 4) is 0 Å². The topological polar surface area (TPSA) is 376 Å². The van der Waals surface area contributed by atoms with Crippen molar-refractivity contribution < 1.29 is 40.2 Å². The summed E-state index contributed by atoms with van der Waals surface area (Å²) in [6.45, 7) is 58.1. The van der Waals surface area contributed by atoms with Crippen LogP contribution in [-0.2, 0) is 22.6 Å². The molecule has 0 spiro atoms. The summed E-state index contributed by atoms with van der Waals surface area (Å²) >= 11 is 8.10. The summed E-state index contributed by atoms with van der Waals surface area (Å²) in [5.74, 6) is 1.48. The van der Waals surface area contributed by atoms with Gasteiger partial charge in [0.05, 0.1) is 26.4 Å². The number of hydrogen-bond acceptors (Lipinski definition) is 22. The SMILES string of the molecule is C.C.C.C.C.C.C.C.C.C.C.C.C.C.C.C=C(C)C(=O)OCC=C[SiH](C)CC.CCCN.CC[SiH](C)C=CCS.CN.CN.C[SiH](C)C=CCS.C[Si](C)(C=CCNCCN)CO.C[Si](C)(C=CCNCCN)CO.C[Si](C)(C=CCNCN)CO.C[Si](C)(C=CCNCc1ccccc1)CO.C[Si](C)(C=CCNCc1ccccc1)CO.C[Si](C)(C=CCNc1ccccc1)CO. The molecule has 2 unspecified atom stereocenters. The van der Waals surface area contributed by atoms with Gasteiger partial charge in [-0.15, -0.1) is 11.4 Å². The molecule has 31 heteroatoms. The highest BCUT2D eigenvalue weighted by Crippen LogP contribution is 2.09. The fourth-order valence-corrected chi connectivity index (χ4v) is 15.6. The third-order valence-electron chi connectivity index (χ3n) is 15.4. The Hall–Kier alpha value is -3.70. The average molecular weight is 2080 g/mol. The number of para-hydroxylation sites is 1. The minimum Gasteiger partial charge on any atom is -0.458 e. The lowest BCUT2D eigenvalue weighted by molar-refractivity contribution is -0.137. The first-order chi connectivity index (χ1) is 55.8. The molecule has 0 aromatic heterocycles. The Morgan fingerprint density at radius 2 is 0.632 bits per heavy atom. The molecule has 24 N–H and O–H groups in total. The van der Waals surface area contributed by atoms with Gasteiger partial charge in [-0.3, -0.25) is 0 Å². The third-order valence-corrected chi connectivity index (χ3v) is 33.0. The number of aliphatic hydroxyl groups excluding tert-OH is 6. The maximum atomic E-state index is 10.9. The molecule has 0 saturated heterocycles. The fraction of sp³-hybridized carbons (Fsp3) is 0.618. The predicted octanol–water partition coefficient (Wildman–Crippen LogP) is 20.7. The Kier molecular flexibility index (Phi) is 201.